The highest BCUT2D eigenvalue weighted by molar-refractivity contribution is 5.82. The van der Waals surface area contributed by atoms with Gasteiger partial charge in [0, 0.05) is 13.2 Å². The monoisotopic (exact) mass is 342 g/mol. The van der Waals surface area contributed by atoms with Crippen LogP contribution in [0.3, 0.4) is 0 Å². The fourth-order valence-corrected chi connectivity index (χ4v) is 2.33. The number of nitrogens with one attached hydrogen (secondary N) is 1. The third-order valence-corrected chi connectivity index (χ3v) is 3.91. The topological polar surface area (TPSA) is 73.6 Å². The number of benzene rings is 2. The molecule has 1 amide bonds. The molecule has 1 unspecified atom stereocenters. The van der Waals surface area contributed by atoms with Crippen LogP contribution in [0.5, 0.6) is 5.75 Å². The number of nitrogens with two attached hydrogens (primary N) is 1. The number of carbonyl (C=O) groups is 1. The minimum absolute atomic E-state index is 0.168. The first-order valence-electron chi connectivity index (χ1n) is 8.40. The first-order valence-corrected chi connectivity index (χ1v) is 8.40. The van der Waals surface area contributed by atoms with E-state index in [1.54, 1.807) is 7.11 Å². The third kappa shape index (κ3) is 6.21. The predicted molar refractivity (Wildman–Crippen MR) is 98.4 cm³/mol. The molecule has 2 aromatic rings. The highest BCUT2D eigenvalue weighted by Crippen LogP contribution is 2.12. The molecule has 1 atom stereocenters. The maximum absolute atomic E-state index is 12.1. The fraction of sp³-hybridized carbons (Fsp3) is 0.350. The van der Waals surface area contributed by atoms with Gasteiger partial charge in [-0.2, -0.15) is 0 Å². The molecule has 25 heavy (non-hydrogen) atoms. The molecule has 0 aromatic heterocycles. The summed E-state index contributed by atoms with van der Waals surface area (Å²) in [5.74, 6) is 0.662. The lowest BCUT2D eigenvalue weighted by molar-refractivity contribution is -0.122. The van der Waals surface area contributed by atoms with Gasteiger partial charge in [-0.1, -0.05) is 42.0 Å². The van der Waals surface area contributed by atoms with Crippen LogP contribution in [0.15, 0.2) is 48.5 Å². The van der Waals surface area contributed by atoms with Crippen LogP contribution < -0.4 is 15.8 Å². The van der Waals surface area contributed by atoms with Gasteiger partial charge in [0.1, 0.15) is 11.8 Å². The van der Waals surface area contributed by atoms with Gasteiger partial charge in [-0.15, -0.1) is 0 Å². The van der Waals surface area contributed by atoms with Gasteiger partial charge in [0.2, 0.25) is 5.91 Å². The maximum Gasteiger partial charge on any atom is 0.241 e. The highest BCUT2D eigenvalue weighted by atomic mass is 16.5. The number of hydrogen-bond donors (Lipinski definition) is 2. The predicted octanol–water partition coefficient (Wildman–Crippen LogP) is 2.73. The van der Waals surface area contributed by atoms with Crippen molar-refractivity contribution in [2.75, 3.05) is 20.3 Å². The van der Waals surface area contributed by atoms with Crippen molar-refractivity contribution in [2.24, 2.45) is 5.73 Å². The van der Waals surface area contributed by atoms with E-state index in [1.165, 1.54) is 0 Å². The number of methoxy groups -OCH3 is 1. The van der Waals surface area contributed by atoms with Crippen LogP contribution in [0.2, 0.25) is 0 Å². The van der Waals surface area contributed by atoms with Crippen LogP contribution in [0, 0.1) is 6.92 Å². The molecule has 134 valence electrons. The maximum atomic E-state index is 12.1. The Morgan fingerprint density at radius 3 is 2.44 bits per heavy atom. The number of aryl methyl sites for hydroxylation is 1. The Balaban J connectivity index is 1.61. The van der Waals surface area contributed by atoms with E-state index in [-0.39, 0.29) is 5.91 Å². The lowest BCUT2D eigenvalue weighted by atomic mass is 10.1. The van der Waals surface area contributed by atoms with Crippen molar-refractivity contribution in [3.8, 4) is 5.75 Å². The molecule has 5 heteroatoms. The van der Waals surface area contributed by atoms with Crippen molar-refractivity contribution in [3.05, 3.63) is 65.2 Å². The summed E-state index contributed by atoms with van der Waals surface area (Å²) in [4.78, 5) is 12.1. The SMILES string of the molecule is COc1ccc(COCCCNC(=O)C(N)c2ccc(C)cc2)cc1. The van der Waals surface area contributed by atoms with Gasteiger partial charge in [-0.05, 0) is 36.6 Å². The molecule has 0 saturated heterocycles. The van der Waals surface area contributed by atoms with Crippen LogP contribution in [0.25, 0.3) is 0 Å². The van der Waals surface area contributed by atoms with Crippen LogP contribution in [-0.2, 0) is 16.1 Å². The van der Waals surface area contributed by atoms with E-state index in [1.807, 2.05) is 55.5 Å². The van der Waals surface area contributed by atoms with Crippen LogP contribution >= 0.6 is 0 Å². The van der Waals surface area contributed by atoms with Crippen molar-refractivity contribution in [2.45, 2.75) is 26.0 Å². The number of carbonyl (C=O) groups excluding carboxylic acids is 1. The molecular weight excluding hydrogens is 316 g/mol. The molecule has 0 radical (unpaired) electrons. The van der Waals surface area contributed by atoms with Crippen LogP contribution in [0.1, 0.15) is 29.2 Å². The summed E-state index contributed by atoms with van der Waals surface area (Å²) in [6, 6.07) is 14.8. The quantitative estimate of drug-likeness (QED) is 0.687. The van der Waals surface area contributed by atoms with E-state index in [2.05, 4.69) is 5.32 Å². The minimum atomic E-state index is -0.638. The second kappa shape index (κ2) is 9.81. The molecule has 0 aliphatic rings. The molecule has 0 fully saturated rings. The van der Waals surface area contributed by atoms with Gasteiger partial charge >= 0.3 is 0 Å². The van der Waals surface area contributed by atoms with Crippen molar-refractivity contribution < 1.29 is 14.3 Å². The van der Waals surface area contributed by atoms with Gasteiger partial charge in [-0.25, -0.2) is 0 Å². The number of rotatable bonds is 9. The summed E-state index contributed by atoms with van der Waals surface area (Å²) in [5, 5.41) is 2.85. The summed E-state index contributed by atoms with van der Waals surface area (Å²) in [6.45, 7) is 3.66. The third-order valence-electron chi connectivity index (χ3n) is 3.91. The molecule has 0 aliphatic heterocycles. The Bertz CT molecular complexity index is 654. The minimum Gasteiger partial charge on any atom is -0.497 e. The highest BCUT2D eigenvalue weighted by Gasteiger charge is 2.14. The molecule has 2 rings (SSSR count). The fourth-order valence-electron chi connectivity index (χ4n) is 2.33. The van der Waals surface area contributed by atoms with E-state index < -0.39 is 6.04 Å². The zero-order chi connectivity index (χ0) is 18.1. The summed E-state index contributed by atoms with van der Waals surface area (Å²) in [5.41, 5.74) is 9.03. The first kappa shape index (κ1) is 19.0. The average Bonchev–Trinajstić information content (AvgIpc) is 2.65. The molecule has 0 aliphatic carbocycles. The van der Waals surface area contributed by atoms with E-state index >= 15 is 0 Å². The van der Waals surface area contributed by atoms with E-state index in [0.717, 1.165) is 28.9 Å². The number of hydrogen-bond acceptors (Lipinski definition) is 4. The molecular formula is C20H26N2O3. The van der Waals surface area contributed by atoms with Gasteiger partial charge in [-0.3, -0.25) is 4.79 Å². The largest absolute Gasteiger partial charge is 0.497 e. The number of amides is 1. The summed E-state index contributed by atoms with van der Waals surface area (Å²) >= 11 is 0. The van der Waals surface area contributed by atoms with Gasteiger partial charge in [0.05, 0.1) is 13.7 Å². The van der Waals surface area contributed by atoms with E-state index in [0.29, 0.717) is 19.8 Å². The van der Waals surface area contributed by atoms with E-state index in [9.17, 15) is 4.79 Å². The second-order valence-corrected chi connectivity index (χ2v) is 5.93. The first-order chi connectivity index (χ1) is 12.1. The smallest absolute Gasteiger partial charge is 0.241 e. The summed E-state index contributed by atoms with van der Waals surface area (Å²) in [7, 11) is 1.64. The molecule has 0 spiro atoms. The normalized spacial score (nSPS) is 11.8. The van der Waals surface area contributed by atoms with Crippen molar-refractivity contribution >= 4 is 5.91 Å². The lowest BCUT2D eigenvalue weighted by Crippen LogP contribution is -2.34. The molecule has 0 saturated carbocycles. The Labute approximate surface area is 149 Å². The average molecular weight is 342 g/mol. The van der Waals surface area contributed by atoms with Crippen molar-refractivity contribution in [3.63, 3.8) is 0 Å². The summed E-state index contributed by atoms with van der Waals surface area (Å²) in [6.07, 6.45) is 0.739. The molecule has 5 nitrogen and oxygen atoms in total. The van der Waals surface area contributed by atoms with Crippen LogP contribution in [-0.4, -0.2) is 26.2 Å². The summed E-state index contributed by atoms with van der Waals surface area (Å²) < 4.78 is 10.7. The van der Waals surface area contributed by atoms with Crippen LogP contribution in [0.4, 0.5) is 0 Å². The van der Waals surface area contributed by atoms with Gasteiger partial charge in [0.25, 0.3) is 0 Å². The van der Waals surface area contributed by atoms with Crippen molar-refractivity contribution in [1.29, 1.82) is 0 Å². The van der Waals surface area contributed by atoms with Crippen molar-refractivity contribution in [1.82, 2.24) is 5.32 Å². The Morgan fingerprint density at radius 2 is 1.80 bits per heavy atom. The molecule has 0 bridgehead atoms. The Morgan fingerprint density at radius 1 is 1.12 bits per heavy atom. The lowest BCUT2D eigenvalue weighted by Gasteiger charge is -2.13. The molecule has 0 heterocycles. The Hall–Kier alpha value is -2.37. The zero-order valence-electron chi connectivity index (χ0n) is 14.8. The standard InChI is InChI=1S/C20H26N2O3/c1-15-4-8-17(9-5-15)19(21)20(23)22-12-3-13-25-14-16-6-10-18(24-2)11-7-16/h4-11,19H,3,12-14,21H2,1-2H3,(H,22,23). The zero-order valence-corrected chi connectivity index (χ0v) is 14.8. The molecule has 3 N–H and O–H groups in total. The Kier molecular flexibility index (Phi) is 7.44. The molecule has 2 aromatic carbocycles. The van der Waals surface area contributed by atoms with Gasteiger partial charge in [0.15, 0.2) is 0 Å². The second-order valence-electron chi connectivity index (χ2n) is 5.93. The number of ether oxygens (including phenoxy) is 2. The van der Waals surface area contributed by atoms with E-state index in [4.69, 9.17) is 15.2 Å². The van der Waals surface area contributed by atoms with Gasteiger partial charge < -0.3 is 20.5 Å².